The maximum absolute atomic E-state index is 6.60. The molecular formula is C45H28O2. The lowest BCUT2D eigenvalue weighted by molar-refractivity contribution is 0.663. The van der Waals surface area contributed by atoms with Gasteiger partial charge in [-0.25, -0.2) is 0 Å². The Balaban J connectivity index is 1.25. The number of furan rings is 2. The van der Waals surface area contributed by atoms with Crippen molar-refractivity contribution in [2.45, 2.75) is 0 Å². The maximum atomic E-state index is 6.60. The molecule has 0 radical (unpaired) electrons. The largest absolute Gasteiger partial charge is 0.456 e. The Morgan fingerprint density at radius 2 is 1.13 bits per heavy atom. The van der Waals surface area contributed by atoms with Crippen molar-refractivity contribution in [1.29, 1.82) is 0 Å². The molecule has 2 aliphatic rings. The number of rotatable bonds is 3. The zero-order valence-electron chi connectivity index (χ0n) is 25.5. The first kappa shape index (κ1) is 26.1. The van der Waals surface area contributed by atoms with Crippen molar-refractivity contribution in [3.63, 3.8) is 0 Å². The van der Waals surface area contributed by atoms with Gasteiger partial charge in [0.1, 0.15) is 22.3 Å². The number of hydrogen-bond donors (Lipinski definition) is 0. The molecule has 1 atom stereocenters. The number of hydrogen-bond acceptors (Lipinski definition) is 2. The van der Waals surface area contributed by atoms with Gasteiger partial charge in [0.2, 0.25) is 0 Å². The summed E-state index contributed by atoms with van der Waals surface area (Å²) >= 11 is 0. The van der Waals surface area contributed by atoms with Crippen LogP contribution in [0.4, 0.5) is 0 Å². The minimum Gasteiger partial charge on any atom is -0.456 e. The number of allylic oxidation sites excluding steroid dienone is 6. The van der Waals surface area contributed by atoms with E-state index in [1.807, 2.05) is 24.3 Å². The van der Waals surface area contributed by atoms with E-state index in [1.165, 1.54) is 43.8 Å². The van der Waals surface area contributed by atoms with E-state index in [2.05, 4.69) is 140 Å². The maximum Gasteiger partial charge on any atom is 0.136 e. The number of benzene rings is 6. The Bertz CT molecular complexity index is 2780. The van der Waals surface area contributed by atoms with Gasteiger partial charge in [-0.1, -0.05) is 127 Å². The molecule has 0 amide bonds. The zero-order chi connectivity index (χ0) is 30.9. The van der Waals surface area contributed by atoms with Crippen molar-refractivity contribution in [2.24, 2.45) is 5.92 Å². The summed E-state index contributed by atoms with van der Waals surface area (Å²) in [6, 6.07) is 47.5. The van der Waals surface area contributed by atoms with Gasteiger partial charge in [0.15, 0.2) is 0 Å². The summed E-state index contributed by atoms with van der Waals surface area (Å²) in [5, 5.41) is 6.92. The first-order valence-electron chi connectivity index (χ1n) is 16.1. The highest BCUT2D eigenvalue weighted by atomic mass is 16.3. The van der Waals surface area contributed by atoms with Crippen LogP contribution < -0.4 is 10.4 Å². The van der Waals surface area contributed by atoms with Crippen LogP contribution in [0, 0.1) is 5.92 Å². The molecule has 0 bridgehead atoms. The Labute approximate surface area is 271 Å². The molecule has 47 heavy (non-hydrogen) atoms. The third kappa shape index (κ3) is 3.98. The van der Waals surface area contributed by atoms with Crippen molar-refractivity contribution in [3.05, 3.63) is 191 Å². The van der Waals surface area contributed by atoms with Crippen LogP contribution in [0.1, 0.15) is 11.1 Å². The van der Waals surface area contributed by atoms with Gasteiger partial charge in [0.25, 0.3) is 0 Å². The van der Waals surface area contributed by atoms with Crippen LogP contribution in [0.15, 0.2) is 178 Å². The smallest absolute Gasteiger partial charge is 0.136 e. The molecule has 2 nitrogen and oxygen atoms in total. The highest BCUT2D eigenvalue weighted by Gasteiger charge is 2.28. The standard InChI is InChI=1S/C45H28O2/c1-3-12-28(13-4-1)29-14-11-15-30(26-29)42-32-16-5-2-6-17-33(32)43(35-19-8-7-18-34(35)42)31-22-23-37-41(27-31)47-40-25-24-39-44(45(37)40)36-20-9-10-21-38(36)46-39/h1-27,32H. The van der Waals surface area contributed by atoms with Crippen LogP contribution in [0.3, 0.4) is 0 Å². The molecule has 8 aromatic rings. The highest BCUT2D eigenvalue weighted by Crippen LogP contribution is 2.43. The molecule has 0 aliphatic heterocycles. The molecule has 6 aromatic carbocycles. The fraction of sp³-hybridized carbons (Fsp3) is 0.0222. The van der Waals surface area contributed by atoms with Crippen LogP contribution in [0.25, 0.3) is 66.2 Å². The number of fused-ring (bicyclic) bond motifs is 9. The van der Waals surface area contributed by atoms with Crippen LogP contribution in [0.5, 0.6) is 0 Å². The second-order valence-corrected chi connectivity index (χ2v) is 12.4. The minimum absolute atomic E-state index is 0.0872. The van der Waals surface area contributed by atoms with Gasteiger partial charge in [0.05, 0.1) is 0 Å². The fourth-order valence-corrected chi connectivity index (χ4v) is 7.75. The normalized spacial score (nSPS) is 15.7. The van der Waals surface area contributed by atoms with Crippen molar-refractivity contribution in [2.75, 3.05) is 0 Å². The van der Waals surface area contributed by atoms with E-state index in [4.69, 9.17) is 8.83 Å². The predicted molar refractivity (Wildman–Crippen MR) is 193 cm³/mol. The molecular weight excluding hydrogens is 572 g/mol. The van der Waals surface area contributed by atoms with Gasteiger partial charge in [-0.05, 0) is 85.8 Å². The van der Waals surface area contributed by atoms with E-state index in [1.54, 1.807) is 0 Å². The molecule has 220 valence electrons. The molecule has 2 aliphatic carbocycles. The quantitative estimate of drug-likeness (QED) is 0.202. The lowest BCUT2D eigenvalue weighted by Crippen LogP contribution is -2.37. The van der Waals surface area contributed by atoms with Gasteiger partial charge in [-0.15, -0.1) is 0 Å². The van der Waals surface area contributed by atoms with Gasteiger partial charge in [-0.3, -0.25) is 0 Å². The molecule has 0 fully saturated rings. The lowest BCUT2D eigenvalue weighted by atomic mass is 9.75. The highest BCUT2D eigenvalue weighted by molar-refractivity contribution is 6.25. The first-order chi connectivity index (χ1) is 23.3. The molecule has 10 rings (SSSR count). The third-order valence-corrected chi connectivity index (χ3v) is 9.77. The predicted octanol–water partition coefficient (Wildman–Crippen LogP) is 10.2. The SMILES string of the molecule is C1=CC=C2C(c3ccc4c(c3)oc3ccc5oc6ccccc6c5c34)=c3ccccc3=C(c3cccc(-c4ccccc4)c3)C2C=C1. The minimum atomic E-state index is 0.0872. The van der Waals surface area contributed by atoms with E-state index in [0.717, 1.165) is 49.4 Å². The van der Waals surface area contributed by atoms with E-state index in [0.29, 0.717) is 0 Å². The van der Waals surface area contributed by atoms with Crippen molar-refractivity contribution in [1.82, 2.24) is 0 Å². The molecule has 1 unspecified atom stereocenters. The molecule has 0 saturated heterocycles. The summed E-state index contributed by atoms with van der Waals surface area (Å²) in [4.78, 5) is 0. The Kier molecular flexibility index (Phi) is 5.67. The summed E-state index contributed by atoms with van der Waals surface area (Å²) in [5.41, 5.74) is 12.2. The monoisotopic (exact) mass is 600 g/mol. The third-order valence-electron chi connectivity index (χ3n) is 9.77. The Morgan fingerprint density at radius 1 is 0.426 bits per heavy atom. The van der Waals surface area contributed by atoms with E-state index >= 15 is 0 Å². The van der Waals surface area contributed by atoms with Gasteiger partial charge in [-0.2, -0.15) is 0 Å². The summed E-state index contributed by atoms with van der Waals surface area (Å²) in [6.45, 7) is 0. The average Bonchev–Trinajstić information content (AvgIpc) is 3.59. The Hall–Kier alpha value is -6.12. The van der Waals surface area contributed by atoms with E-state index in [9.17, 15) is 0 Å². The van der Waals surface area contributed by atoms with E-state index < -0.39 is 0 Å². The zero-order valence-corrected chi connectivity index (χ0v) is 25.5. The van der Waals surface area contributed by atoms with Gasteiger partial charge < -0.3 is 8.83 Å². The summed E-state index contributed by atoms with van der Waals surface area (Å²) in [7, 11) is 0. The van der Waals surface area contributed by atoms with Crippen molar-refractivity contribution < 1.29 is 8.83 Å². The molecule has 2 heteroatoms. The molecule has 2 heterocycles. The van der Waals surface area contributed by atoms with Gasteiger partial charge >= 0.3 is 0 Å². The summed E-state index contributed by atoms with van der Waals surface area (Å²) < 4.78 is 12.8. The molecule has 2 aromatic heterocycles. The van der Waals surface area contributed by atoms with E-state index in [-0.39, 0.29) is 5.92 Å². The Morgan fingerprint density at radius 3 is 2.00 bits per heavy atom. The first-order valence-corrected chi connectivity index (χ1v) is 16.1. The second-order valence-electron chi connectivity index (χ2n) is 12.4. The van der Waals surface area contributed by atoms with Crippen LogP contribution in [0.2, 0.25) is 0 Å². The van der Waals surface area contributed by atoms with Crippen LogP contribution >= 0.6 is 0 Å². The second kappa shape index (κ2) is 10.2. The summed E-state index contributed by atoms with van der Waals surface area (Å²) in [6.07, 6.45) is 11.1. The molecule has 0 spiro atoms. The molecule has 0 saturated carbocycles. The number of para-hydroxylation sites is 1. The topological polar surface area (TPSA) is 26.3 Å². The van der Waals surface area contributed by atoms with Crippen molar-refractivity contribution in [3.8, 4) is 11.1 Å². The lowest BCUT2D eigenvalue weighted by Gasteiger charge is -2.28. The van der Waals surface area contributed by atoms with Gasteiger partial charge in [0, 0.05) is 27.5 Å². The average molecular weight is 601 g/mol. The van der Waals surface area contributed by atoms with Crippen molar-refractivity contribution >= 4 is 55.0 Å². The molecule has 0 N–H and O–H groups in total. The van der Waals surface area contributed by atoms with Crippen LogP contribution in [-0.4, -0.2) is 0 Å². The van der Waals surface area contributed by atoms with Crippen LogP contribution in [-0.2, 0) is 0 Å². The summed E-state index contributed by atoms with van der Waals surface area (Å²) in [5.74, 6) is 0.0872. The fourth-order valence-electron chi connectivity index (χ4n) is 7.75.